The van der Waals surface area contributed by atoms with Gasteiger partial charge < -0.3 is 20.3 Å². The Balaban J connectivity index is 2.11. The molecule has 6 heteroatoms. The molecule has 0 aromatic heterocycles. The molecule has 0 radical (unpaired) electrons. The lowest BCUT2D eigenvalue weighted by molar-refractivity contribution is -0.155. The molecule has 2 amide bonds. The highest BCUT2D eigenvalue weighted by Crippen LogP contribution is 2.21. The lowest BCUT2D eigenvalue weighted by atomic mass is 10.1. The summed E-state index contributed by atoms with van der Waals surface area (Å²) in [5.41, 5.74) is 5.12. The van der Waals surface area contributed by atoms with Crippen LogP contribution in [-0.2, 0) is 14.3 Å². The summed E-state index contributed by atoms with van der Waals surface area (Å²) in [6.45, 7) is 1.59. The topological polar surface area (TPSA) is 75.9 Å². The minimum atomic E-state index is -0.474. The third-order valence-electron chi connectivity index (χ3n) is 2.89. The van der Waals surface area contributed by atoms with E-state index in [4.69, 9.17) is 10.5 Å². The summed E-state index contributed by atoms with van der Waals surface area (Å²) in [5, 5.41) is 0. The number of fused-ring (bicyclic) bond motifs is 1. The number of likely N-dealkylation sites (tertiary alicyclic amines) is 1. The van der Waals surface area contributed by atoms with Crippen molar-refractivity contribution in [1.82, 2.24) is 9.80 Å². The van der Waals surface area contributed by atoms with Crippen molar-refractivity contribution in [1.29, 1.82) is 0 Å². The summed E-state index contributed by atoms with van der Waals surface area (Å²) in [7, 11) is 1.97. The number of nitrogens with two attached hydrogens (primary N) is 1. The van der Waals surface area contributed by atoms with Crippen molar-refractivity contribution in [3.05, 3.63) is 0 Å². The maximum absolute atomic E-state index is 11.6. The maximum Gasteiger partial charge on any atom is 0.249 e. The minimum absolute atomic E-state index is 0.00278. The van der Waals surface area contributed by atoms with Gasteiger partial charge in [-0.3, -0.25) is 9.59 Å². The van der Waals surface area contributed by atoms with Gasteiger partial charge in [0, 0.05) is 13.1 Å². The quantitative estimate of drug-likeness (QED) is 0.576. The van der Waals surface area contributed by atoms with Crippen molar-refractivity contribution in [2.75, 3.05) is 33.3 Å². The molecule has 2 N–H and O–H groups in total. The summed E-state index contributed by atoms with van der Waals surface area (Å²) >= 11 is 0. The van der Waals surface area contributed by atoms with Gasteiger partial charge >= 0.3 is 0 Å². The Labute approximate surface area is 87.9 Å². The summed E-state index contributed by atoms with van der Waals surface area (Å²) < 4.78 is 5.41. The monoisotopic (exact) mass is 213 g/mol. The number of hydrogen-bond donors (Lipinski definition) is 1. The highest BCUT2D eigenvalue weighted by molar-refractivity contribution is 5.85. The first-order chi connectivity index (χ1) is 7.08. The number of hydrogen-bond acceptors (Lipinski definition) is 4. The predicted octanol–water partition coefficient (Wildman–Crippen LogP) is -1.99. The summed E-state index contributed by atoms with van der Waals surface area (Å²) in [6, 6.07) is -0.0243. The van der Waals surface area contributed by atoms with Gasteiger partial charge in [0.15, 0.2) is 0 Å². The number of carbonyl (C=O) groups excluding carboxylic acids is 2. The first-order valence-electron chi connectivity index (χ1n) is 4.96. The van der Waals surface area contributed by atoms with Gasteiger partial charge in [-0.1, -0.05) is 0 Å². The highest BCUT2D eigenvalue weighted by atomic mass is 16.5. The van der Waals surface area contributed by atoms with Crippen molar-refractivity contribution >= 4 is 11.8 Å². The van der Waals surface area contributed by atoms with Crippen molar-refractivity contribution in [3.8, 4) is 0 Å². The number of nitrogens with zero attached hydrogens (tertiary/aromatic N) is 2. The largest absolute Gasteiger partial charge is 0.368 e. The normalized spacial score (nSPS) is 31.8. The Morgan fingerprint density at radius 3 is 3.00 bits per heavy atom. The number of amides is 2. The van der Waals surface area contributed by atoms with Gasteiger partial charge in [-0.15, -0.1) is 0 Å². The molecule has 2 unspecified atom stereocenters. The fourth-order valence-electron chi connectivity index (χ4n) is 2.22. The van der Waals surface area contributed by atoms with Crippen LogP contribution < -0.4 is 5.73 Å². The van der Waals surface area contributed by atoms with E-state index in [0.29, 0.717) is 0 Å². The number of carbonyl (C=O) groups is 2. The zero-order valence-electron chi connectivity index (χ0n) is 8.68. The molecule has 84 valence electrons. The number of primary amides is 1. The van der Waals surface area contributed by atoms with Gasteiger partial charge in [0.1, 0.15) is 6.61 Å². The Kier molecular flexibility index (Phi) is 2.62. The molecule has 0 spiro atoms. The van der Waals surface area contributed by atoms with Gasteiger partial charge in [0.05, 0.1) is 18.7 Å². The van der Waals surface area contributed by atoms with Gasteiger partial charge in [0.25, 0.3) is 0 Å². The second-order valence-corrected chi connectivity index (χ2v) is 4.13. The van der Waals surface area contributed by atoms with Crippen LogP contribution in [0.3, 0.4) is 0 Å². The molecule has 2 atom stereocenters. The molecule has 0 saturated carbocycles. The highest BCUT2D eigenvalue weighted by Gasteiger charge is 2.42. The van der Waals surface area contributed by atoms with Gasteiger partial charge in [-0.25, -0.2) is 0 Å². The van der Waals surface area contributed by atoms with E-state index in [0.717, 1.165) is 13.1 Å². The third-order valence-corrected chi connectivity index (χ3v) is 2.89. The van der Waals surface area contributed by atoms with Gasteiger partial charge in [0.2, 0.25) is 11.8 Å². The smallest absolute Gasteiger partial charge is 0.249 e. The fourth-order valence-corrected chi connectivity index (χ4v) is 2.22. The molecule has 2 aliphatic heterocycles. The summed E-state index contributed by atoms with van der Waals surface area (Å²) in [6.07, 6.45) is 0.0204. The molecule has 6 nitrogen and oxygen atoms in total. The minimum Gasteiger partial charge on any atom is -0.368 e. The molecule has 2 heterocycles. The lowest BCUT2D eigenvalue weighted by Gasteiger charge is -2.35. The molecule has 0 aromatic rings. The van der Waals surface area contributed by atoms with Gasteiger partial charge in [-0.2, -0.15) is 0 Å². The van der Waals surface area contributed by atoms with E-state index in [1.54, 1.807) is 4.90 Å². The van der Waals surface area contributed by atoms with Crippen molar-refractivity contribution in [2.45, 2.75) is 12.1 Å². The standard InChI is InChI=1S/C9H15N3O3/c1-11-2-6-7(3-11)15-5-9(14)12(6)4-8(10)13/h6-7H,2-5H2,1H3,(H2,10,13). The van der Waals surface area contributed by atoms with E-state index in [2.05, 4.69) is 4.90 Å². The van der Waals surface area contributed by atoms with Crippen molar-refractivity contribution < 1.29 is 14.3 Å². The molecule has 0 aliphatic carbocycles. The van der Waals surface area contributed by atoms with E-state index in [9.17, 15) is 9.59 Å². The van der Waals surface area contributed by atoms with Crippen molar-refractivity contribution in [2.24, 2.45) is 5.73 Å². The molecule has 0 bridgehead atoms. The molecular formula is C9H15N3O3. The Morgan fingerprint density at radius 1 is 1.60 bits per heavy atom. The second-order valence-electron chi connectivity index (χ2n) is 4.13. The zero-order chi connectivity index (χ0) is 11.0. The first kappa shape index (κ1) is 10.4. The van der Waals surface area contributed by atoms with E-state index in [1.807, 2.05) is 7.05 Å². The van der Waals surface area contributed by atoms with Crippen molar-refractivity contribution in [3.63, 3.8) is 0 Å². The number of ether oxygens (including phenoxy) is 1. The van der Waals surface area contributed by atoms with E-state index >= 15 is 0 Å². The Hall–Kier alpha value is -1.14. The van der Waals surface area contributed by atoms with Crippen LogP contribution in [0.15, 0.2) is 0 Å². The van der Waals surface area contributed by atoms with Crippen LogP contribution in [0, 0.1) is 0 Å². The SMILES string of the molecule is CN1CC2OCC(=O)N(CC(N)=O)C2C1. The summed E-state index contributed by atoms with van der Waals surface area (Å²) in [5.74, 6) is -0.621. The number of likely N-dealkylation sites (N-methyl/N-ethyl adjacent to an activating group) is 1. The van der Waals surface area contributed by atoms with Crippen LogP contribution in [0.25, 0.3) is 0 Å². The Morgan fingerprint density at radius 2 is 2.33 bits per heavy atom. The third kappa shape index (κ3) is 1.95. The molecule has 2 aliphatic rings. The van der Waals surface area contributed by atoms with E-state index < -0.39 is 5.91 Å². The molecule has 2 fully saturated rings. The lowest BCUT2D eigenvalue weighted by Crippen LogP contribution is -2.56. The maximum atomic E-state index is 11.6. The molecule has 2 rings (SSSR count). The van der Waals surface area contributed by atoms with Crippen LogP contribution in [-0.4, -0.2) is 67.0 Å². The van der Waals surface area contributed by atoms with Gasteiger partial charge in [-0.05, 0) is 7.05 Å². The van der Waals surface area contributed by atoms with E-state index in [-0.39, 0.29) is 31.2 Å². The average molecular weight is 213 g/mol. The first-order valence-corrected chi connectivity index (χ1v) is 4.96. The molecule has 15 heavy (non-hydrogen) atoms. The van der Waals surface area contributed by atoms with Crippen LogP contribution in [0.5, 0.6) is 0 Å². The van der Waals surface area contributed by atoms with Crippen LogP contribution in [0.1, 0.15) is 0 Å². The zero-order valence-corrected chi connectivity index (χ0v) is 8.68. The van der Waals surface area contributed by atoms with Crippen LogP contribution in [0.4, 0.5) is 0 Å². The molecule has 2 saturated heterocycles. The van der Waals surface area contributed by atoms with Crippen LogP contribution in [0.2, 0.25) is 0 Å². The number of morpholine rings is 1. The van der Waals surface area contributed by atoms with Crippen LogP contribution >= 0.6 is 0 Å². The second kappa shape index (κ2) is 3.79. The average Bonchev–Trinajstić information content (AvgIpc) is 2.51. The fraction of sp³-hybridized carbons (Fsp3) is 0.778. The van der Waals surface area contributed by atoms with E-state index in [1.165, 1.54) is 0 Å². The Bertz CT molecular complexity index is 294. The molecular weight excluding hydrogens is 198 g/mol. The predicted molar refractivity (Wildman–Crippen MR) is 51.9 cm³/mol. The molecule has 0 aromatic carbocycles. The summed E-state index contributed by atoms with van der Waals surface area (Å²) in [4.78, 5) is 26.0. The number of rotatable bonds is 2.